The monoisotopic (exact) mass is 501 g/mol. The number of amides is 1. The number of nitrogens with one attached hydrogen (secondary N) is 1. The highest BCUT2D eigenvalue weighted by Gasteiger charge is 2.26. The van der Waals surface area contributed by atoms with Gasteiger partial charge in [0.2, 0.25) is 5.91 Å². The molecule has 0 spiro atoms. The predicted molar refractivity (Wildman–Crippen MR) is 139 cm³/mol. The van der Waals surface area contributed by atoms with E-state index in [4.69, 9.17) is 5.73 Å². The molecular formula is C27H28FN7O2. The molecule has 37 heavy (non-hydrogen) atoms. The van der Waals surface area contributed by atoms with Gasteiger partial charge in [0.1, 0.15) is 12.4 Å². The van der Waals surface area contributed by atoms with Crippen molar-refractivity contribution in [1.29, 1.82) is 0 Å². The Hall–Kier alpha value is -4.05. The number of carbonyl (C=O) groups is 1. The Morgan fingerprint density at radius 3 is 2.78 bits per heavy atom. The predicted octanol–water partition coefficient (Wildman–Crippen LogP) is 3.73. The van der Waals surface area contributed by atoms with Crippen LogP contribution in [0.3, 0.4) is 0 Å². The van der Waals surface area contributed by atoms with E-state index in [1.54, 1.807) is 35.4 Å². The third kappa shape index (κ3) is 3.97. The van der Waals surface area contributed by atoms with E-state index in [9.17, 15) is 9.90 Å². The molecule has 1 aliphatic heterocycles. The molecule has 190 valence electrons. The second-order valence-corrected chi connectivity index (χ2v) is 9.99. The summed E-state index contributed by atoms with van der Waals surface area (Å²) in [5.74, 6) is 0.637. The van der Waals surface area contributed by atoms with Crippen LogP contribution >= 0.6 is 0 Å². The standard InChI is InChI=1S/C27H28FN7O2/c1-14(2)34-6-5-16-9-24(33-35(16)13-25(34)37)32-23-8-15-7-18(26(28)27(29)19(15)12-31-23)20-10-30-11-21-17(20)3-4-22(21)36/h7-12,14,22,36H,3-6,13,29H2,1-2H3,(H,31,32,33)/t22-/m1/s1. The zero-order chi connectivity index (χ0) is 25.8. The van der Waals surface area contributed by atoms with Crippen molar-refractivity contribution < 1.29 is 14.3 Å². The van der Waals surface area contributed by atoms with E-state index < -0.39 is 11.9 Å². The summed E-state index contributed by atoms with van der Waals surface area (Å²) in [4.78, 5) is 23.1. The number of halogens is 1. The molecule has 0 radical (unpaired) electrons. The lowest BCUT2D eigenvalue weighted by Crippen LogP contribution is -2.38. The van der Waals surface area contributed by atoms with Crippen LogP contribution in [0.15, 0.2) is 36.8 Å². The zero-order valence-corrected chi connectivity index (χ0v) is 20.7. The maximum Gasteiger partial charge on any atom is 0.244 e. The molecular weight excluding hydrogens is 473 g/mol. The highest BCUT2D eigenvalue weighted by molar-refractivity contribution is 5.98. The summed E-state index contributed by atoms with van der Waals surface area (Å²) in [6.07, 6.45) is 6.18. The lowest BCUT2D eigenvalue weighted by atomic mass is 9.96. The van der Waals surface area contributed by atoms with Crippen molar-refractivity contribution in [3.63, 3.8) is 0 Å². The van der Waals surface area contributed by atoms with Crippen molar-refractivity contribution in [1.82, 2.24) is 24.6 Å². The van der Waals surface area contributed by atoms with Crippen LogP contribution < -0.4 is 11.1 Å². The molecule has 2 aliphatic rings. The summed E-state index contributed by atoms with van der Waals surface area (Å²) in [7, 11) is 0. The van der Waals surface area contributed by atoms with Crippen molar-refractivity contribution in [2.24, 2.45) is 0 Å². The number of carbonyl (C=O) groups excluding carboxylic acids is 1. The summed E-state index contributed by atoms with van der Waals surface area (Å²) < 4.78 is 17.1. The first-order chi connectivity index (χ1) is 17.8. The molecule has 3 aromatic heterocycles. The SMILES string of the molecule is CC(C)N1CCc2cc(Nc3cc4cc(-c5cncc6c5CC[C@H]6O)c(F)c(N)c4cn3)nn2CC1=O. The van der Waals surface area contributed by atoms with Gasteiger partial charge in [0.25, 0.3) is 0 Å². The molecule has 0 saturated heterocycles. The Bertz CT molecular complexity index is 1550. The third-order valence-corrected chi connectivity index (χ3v) is 7.36. The number of nitrogen functional groups attached to an aromatic ring is 1. The van der Waals surface area contributed by atoms with E-state index in [-0.39, 0.29) is 24.2 Å². The maximum atomic E-state index is 15.4. The smallest absolute Gasteiger partial charge is 0.244 e. The van der Waals surface area contributed by atoms with Gasteiger partial charge in [0.05, 0.1) is 11.8 Å². The topological polar surface area (TPSA) is 122 Å². The molecule has 4 heterocycles. The van der Waals surface area contributed by atoms with Gasteiger partial charge in [-0.3, -0.25) is 14.5 Å². The first kappa shape index (κ1) is 23.4. The van der Waals surface area contributed by atoms with E-state index >= 15 is 4.39 Å². The van der Waals surface area contributed by atoms with Crippen LogP contribution in [-0.4, -0.2) is 48.2 Å². The van der Waals surface area contributed by atoms with Crippen LogP contribution in [0.25, 0.3) is 21.9 Å². The molecule has 0 saturated carbocycles. The number of benzene rings is 1. The molecule has 1 atom stereocenters. The maximum absolute atomic E-state index is 15.4. The molecule has 1 aromatic carbocycles. The average molecular weight is 502 g/mol. The number of rotatable bonds is 4. The number of aromatic nitrogens is 4. The first-order valence-corrected chi connectivity index (χ1v) is 12.5. The van der Waals surface area contributed by atoms with Gasteiger partial charge in [-0.25, -0.2) is 9.37 Å². The molecule has 9 nitrogen and oxygen atoms in total. The Balaban J connectivity index is 1.33. The molecule has 6 rings (SSSR count). The fourth-order valence-electron chi connectivity index (χ4n) is 5.41. The van der Waals surface area contributed by atoms with Crippen molar-refractivity contribution in [2.75, 3.05) is 17.6 Å². The Morgan fingerprint density at radius 2 is 1.97 bits per heavy atom. The Labute approximate surface area is 213 Å². The molecule has 0 fully saturated rings. The van der Waals surface area contributed by atoms with Crippen LogP contribution in [-0.2, 0) is 24.2 Å². The van der Waals surface area contributed by atoms with Crippen LogP contribution in [0.5, 0.6) is 0 Å². The lowest BCUT2D eigenvalue weighted by Gasteiger charge is -2.24. The molecule has 1 amide bonds. The highest BCUT2D eigenvalue weighted by Crippen LogP contribution is 2.40. The van der Waals surface area contributed by atoms with Gasteiger partial charge in [0.15, 0.2) is 11.6 Å². The zero-order valence-electron chi connectivity index (χ0n) is 20.7. The molecule has 0 bridgehead atoms. The minimum atomic E-state index is -0.586. The number of nitrogens with zero attached hydrogens (tertiary/aromatic N) is 5. The van der Waals surface area contributed by atoms with Crippen molar-refractivity contribution in [3.05, 3.63) is 59.4 Å². The van der Waals surface area contributed by atoms with Crippen molar-refractivity contribution in [3.8, 4) is 11.1 Å². The van der Waals surface area contributed by atoms with Gasteiger partial charge in [-0.05, 0) is 49.8 Å². The van der Waals surface area contributed by atoms with Gasteiger partial charge in [-0.1, -0.05) is 0 Å². The van der Waals surface area contributed by atoms with E-state index in [2.05, 4.69) is 20.4 Å². The van der Waals surface area contributed by atoms with Gasteiger partial charge in [0, 0.05) is 71.4 Å². The molecule has 4 N–H and O–H groups in total. The van der Waals surface area contributed by atoms with Crippen molar-refractivity contribution in [2.45, 2.75) is 51.8 Å². The third-order valence-electron chi connectivity index (χ3n) is 7.36. The number of anilines is 3. The second kappa shape index (κ2) is 8.81. The number of pyridine rings is 2. The Kier molecular flexibility index (Phi) is 5.56. The van der Waals surface area contributed by atoms with Crippen LogP contribution in [0.2, 0.25) is 0 Å². The minimum Gasteiger partial charge on any atom is -0.396 e. The van der Waals surface area contributed by atoms with E-state index in [1.165, 1.54) is 0 Å². The van der Waals surface area contributed by atoms with Gasteiger partial charge in [-0.15, -0.1) is 0 Å². The number of hydrogen-bond donors (Lipinski definition) is 3. The highest BCUT2D eigenvalue weighted by atomic mass is 19.1. The summed E-state index contributed by atoms with van der Waals surface area (Å²) in [6.45, 7) is 4.88. The fourth-order valence-corrected chi connectivity index (χ4v) is 5.41. The summed E-state index contributed by atoms with van der Waals surface area (Å²) >= 11 is 0. The Morgan fingerprint density at radius 1 is 1.14 bits per heavy atom. The molecule has 10 heteroatoms. The minimum absolute atomic E-state index is 0.0182. The van der Waals surface area contributed by atoms with E-state index in [1.807, 2.05) is 24.8 Å². The summed E-state index contributed by atoms with van der Waals surface area (Å²) in [6, 6.07) is 5.63. The molecule has 0 unspecified atom stereocenters. The van der Waals surface area contributed by atoms with Crippen LogP contribution in [0, 0.1) is 5.82 Å². The summed E-state index contributed by atoms with van der Waals surface area (Å²) in [5, 5.41) is 19.3. The van der Waals surface area contributed by atoms with Crippen molar-refractivity contribution >= 4 is 34.0 Å². The van der Waals surface area contributed by atoms with Gasteiger partial charge >= 0.3 is 0 Å². The normalized spacial score (nSPS) is 17.3. The number of aliphatic hydroxyl groups excluding tert-OH is 1. The van der Waals surface area contributed by atoms with Gasteiger partial charge in [-0.2, -0.15) is 5.10 Å². The second-order valence-electron chi connectivity index (χ2n) is 9.99. The van der Waals surface area contributed by atoms with Gasteiger partial charge < -0.3 is 21.1 Å². The molecule has 1 aliphatic carbocycles. The van der Waals surface area contributed by atoms with E-state index in [0.29, 0.717) is 59.3 Å². The number of aliphatic hydroxyl groups is 1. The summed E-state index contributed by atoms with van der Waals surface area (Å²) in [5.41, 5.74) is 9.82. The van der Waals surface area contributed by atoms with Crippen LogP contribution in [0.4, 0.5) is 21.7 Å². The first-order valence-electron chi connectivity index (χ1n) is 12.5. The number of fused-ring (bicyclic) bond motifs is 3. The molecule has 4 aromatic rings. The fraction of sp³-hybridized carbons (Fsp3) is 0.333. The largest absolute Gasteiger partial charge is 0.396 e. The quantitative estimate of drug-likeness (QED) is 0.364. The van der Waals surface area contributed by atoms with Crippen LogP contribution in [0.1, 0.15) is 43.2 Å². The number of hydrogen-bond acceptors (Lipinski definition) is 7. The van der Waals surface area contributed by atoms with E-state index in [0.717, 1.165) is 16.8 Å². The average Bonchev–Trinajstić information content (AvgIpc) is 3.39. The lowest BCUT2D eigenvalue weighted by molar-refractivity contribution is -0.133. The number of nitrogens with two attached hydrogens (primary N) is 1.